The molecule has 1 N–H and O–H groups in total. The highest BCUT2D eigenvalue weighted by Gasteiger charge is 2.21. The van der Waals surface area contributed by atoms with Gasteiger partial charge in [0.05, 0.1) is 23.3 Å². The minimum absolute atomic E-state index is 0.175. The summed E-state index contributed by atoms with van der Waals surface area (Å²) in [6.07, 6.45) is 6.93. The van der Waals surface area contributed by atoms with Gasteiger partial charge in [-0.25, -0.2) is 13.2 Å². The Bertz CT molecular complexity index is 1240. The first kappa shape index (κ1) is 25.3. The second-order valence-electron chi connectivity index (χ2n) is 8.79. The van der Waals surface area contributed by atoms with E-state index in [1.807, 2.05) is 36.4 Å². The summed E-state index contributed by atoms with van der Waals surface area (Å²) in [7, 11) is -2.56. The van der Waals surface area contributed by atoms with Crippen LogP contribution in [0, 0.1) is 0 Å². The van der Waals surface area contributed by atoms with Crippen LogP contribution >= 0.6 is 11.8 Å². The first-order chi connectivity index (χ1) is 17.0. The summed E-state index contributed by atoms with van der Waals surface area (Å²) in [5, 5.41) is 0. The van der Waals surface area contributed by atoms with Crippen LogP contribution in [0.1, 0.15) is 59.5 Å². The summed E-state index contributed by atoms with van der Waals surface area (Å²) in [5.74, 6) is 0.760. The smallest absolute Gasteiger partial charge is 0.340 e. The number of carbonyl (C=O) groups is 1. The quantitative estimate of drug-likeness (QED) is 0.258. The summed E-state index contributed by atoms with van der Waals surface area (Å²) >= 11 is 1.61. The lowest BCUT2D eigenvalue weighted by Gasteiger charge is -2.22. The van der Waals surface area contributed by atoms with E-state index in [2.05, 4.69) is 16.9 Å². The molecule has 4 rings (SSSR count). The summed E-state index contributed by atoms with van der Waals surface area (Å²) in [5.41, 5.74) is 2.84. The highest BCUT2D eigenvalue weighted by atomic mass is 32.2. The third-order valence-electron chi connectivity index (χ3n) is 6.41. The van der Waals surface area contributed by atoms with Gasteiger partial charge in [0.25, 0.3) is 10.0 Å². The molecule has 1 aliphatic rings. The van der Waals surface area contributed by atoms with E-state index in [0.29, 0.717) is 5.92 Å². The van der Waals surface area contributed by atoms with Gasteiger partial charge in [0.2, 0.25) is 0 Å². The number of thioether (sulfide) groups is 1. The zero-order valence-corrected chi connectivity index (χ0v) is 21.5. The van der Waals surface area contributed by atoms with Crippen molar-refractivity contribution in [3.63, 3.8) is 0 Å². The molecular formula is C28H31NO4S2. The number of ether oxygens (including phenoxy) is 1. The highest BCUT2D eigenvalue weighted by Crippen LogP contribution is 2.33. The second kappa shape index (κ2) is 11.8. The lowest BCUT2D eigenvalue weighted by atomic mass is 9.84. The Labute approximate surface area is 212 Å². The molecule has 0 aromatic heterocycles. The molecular weight excluding hydrogens is 478 g/mol. The van der Waals surface area contributed by atoms with Crippen LogP contribution in [0.4, 0.5) is 5.69 Å². The molecule has 7 heteroatoms. The molecule has 0 unspecified atom stereocenters. The zero-order chi connectivity index (χ0) is 24.7. The standard InChI is InChI=1S/C28H31NO4S2/c1-33-28(30)26-20-24(34-19-18-21-8-4-2-5-9-21)14-17-27(26)29-35(31,32)25-15-12-23(13-16-25)22-10-6-3-7-11-22/h2,4-5,8-9,12-17,20,22,29H,3,6-7,10-11,18-19H2,1H3. The van der Waals surface area contributed by atoms with Gasteiger partial charge in [0.15, 0.2) is 0 Å². The van der Waals surface area contributed by atoms with E-state index in [0.717, 1.165) is 29.9 Å². The van der Waals surface area contributed by atoms with Crippen molar-refractivity contribution in [2.75, 3.05) is 17.6 Å². The maximum Gasteiger partial charge on any atom is 0.340 e. The van der Waals surface area contributed by atoms with Gasteiger partial charge in [-0.2, -0.15) is 0 Å². The van der Waals surface area contributed by atoms with E-state index in [-0.39, 0.29) is 16.1 Å². The summed E-state index contributed by atoms with van der Waals surface area (Å²) in [4.78, 5) is 13.5. The molecule has 0 spiro atoms. The van der Waals surface area contributed by atoms with Gasteiger partial charge in [-0.05, 0) is 66.6 Å². The molecule has 0 saturated heterocycles. The Morgan fingerprint density at radius 1 is 0.971 bits per heavy atom. The number of anilines is 1. The number of rotatable bonds is 9. The van der Waals surface area contributed by atoms with Crippen molar-refractivity contribution in [3.05, 3.63) is 89.5 Å². The Kier molecular flexibility index (Phi) is 8.52. The fraction of sp³-hybridized carbons (Fsp3) is 0.321. The van der Waals surface area contributed by atoms with Crippen molar-refractivity contribution < 1.29 is 17.9 Å². The lowest BCUT2D eigenvalue weighted by Crippen LogP contribution is -2.16. The van der Waals surface area contributed by atoms with Crippen LogP contribution in [0.15, 0.2) is 82.6 Å². The molecule has 0 radical (unpaired) electrons. The Hall–Kier alpha value is -2.77. The van der Waals surface area contributed by atoms with Gasteiger partial charge in [0, 0.05) is 10.6 Å². The fourth-order valence-corrected chi connectivity index (χ4v) is 6.49. The predicted molar refractivity (Wildman–Crippen MR) is 142 cm³/mol. The van der Waals surface area contributed by atoms with Gasteiger partial charge in [-0.3, -0.25) is 4.72 Å². The largest absolute Gasteiger partial charge is 0.465 e. The molecule has 0 amide bonds. The van der Waals surface area contributed by atoms with Gasteiger partial charge < -0.3 is 4.74 Å². The average Bonchev–Trinajstić information content (AvgIpc) is 2.90. The molecule has 1 saturated carbocycles. The number of aryl methyl sites for hydroxylation is 1. The van der Waals surface area contributed by atoms with Gasteiger partial charge in [-0.15, -0.1) is 11.8 Å². The molecule has 3 aromatic rings. The van der Waals surface area contributed by atoms with Crippen LogP contribution in [0.5, 0.6) is 0 Å². The first-order valence-corrected chi connectivity index (χ1v) is 14.4. The minimum atomic E-state index is -3.86. The van der Waals surface area contributed by atoms with Crippen LogP contribution in [-0.4, -0.2) is 27.2 Å². The zero-order valence-electron chi connectivity index (χ0n) is 19.9. The van der Waals surface area contributed by atoms with Gasteiger partial charge >= 0.3 is 5.97 Å². The Morgan fingerprint density at radius 3 is 2.37 bits per heavy atom. The fourth-order valence-electron chi connectivity index (χ4n) is 4.47. The number of benzene rings is 3. The van der Waals surface area contributed by atoms with Crippen LogP contribution < -0.4 is 4.72 Å². The van der Waals surface area contributed by atoms with E-state index >= 15 is 0 Å². The van der Waals surface area contributed by atoms with Crippen LogP contribution in [0.2, 0.25) is 0 Å². The van der Waals surface area contributed by atoms with Crippen LogP contribution in [-0.2, 0) is 21.2 Å². The number of hydrogen-bond acceptors (Lipinski definition) is 5. The lowest BCUT2D eigenvalue weighted by molar-refractivity contribution is 0.0601. The topological polar surface area (TPSA) is 72.5 Å². The number of methoxy groups -OCH3 is 1. The molecule has 1 fully saturated rings. The summed E-state index contributed by atoms with van der Waals surface area (Å²) in [6, 6.07) is 22.5. The van der Waals surface area contributed by atoms with E-state index in [1.165, 1.54) is 37.5 Å². The molecule has 0 aliphatic heterocycles. The normalized spacial score (nSPS) is 14.4. The minimum Gasteiger partial charge on any atom is -0.465 e. The number of carbonyl (C=O) groups excluding carboxylic acids is 1. The number of sulfonamides is 1. The van der Waals surface area contributed by atoms with Crippen molar-refractivity contribution in [3.8, 4) is 0 Å². The number of nitrogens with one attached hydrogen (secondary N) is 1. The molecule has 0 bridgehead atoms. The second-order valence-corrected chi connectivity index (χ2v) is 11.6. The van der Waals surface area contributed by atoms with Crippen molar-refractivity contribution in [2.24, 2.45) is 0 Å². The third kappa shape index (κ3) is 6.67. The Morgan fingerprint density at radius 2 is 1.69 bits per heavy atom. The van der Waals surface area contributed by atoms with E-state index in [4.69, 9.17) is 4.74 Å². The maximum atomic E-state index is 13.1. The summed E-state index contributed by atoms with van der Waals surface area (Å²) in [6.45, 7) is 0. The van der Waals surface area contributed by atoms with E-state index < -0.39 is 16.0 Å². The van der Waals surface area contributed by atoms with Gasteiger partial charge in [0.1, 0.15) is 0 Å². The van der Waals surface area contributed by atoms with Crippen LogP contribution in [0.3, 0.4) is 0 Å². The van der Waals surface area contributed by atoms with Crippen LogP contribution in [0.25, 0.3) is 0 Å². The molecule has 184 valence electrons. The molecule has 0 atom stereocenters. The SMILES string of the molecule is COC(=O)c1cc(SCCc2ccccc2)ccc1NS(=O)(=O)c1ccc(C2CCCCC2)cc1. The number of esters is 1. The average molecular weight is 510 g/mol. The highest BCUT2D eigenvalue weighted by molar-refractivity contribution is 7.99. The molecule has 1 aliphatic carbocycles. The third-order valence-corrected chi connectivity index (χ3v) is 8.79. The summed E-state index contributed by atoms with van der Waals surface area (Å²) < 4.78 is 33.7. The Balaban J connectivity index is 1.48. The first-order valence-electron chi connectivity index (χ1n) is 12.0. The van der Waals surface area contributed by atoms with Crippen molar-refractivity contribution in [1.82, 2.24) is 0 Å². The maximum absolute atomic E-state index is 13.1. The van der Waals surface area contributed by atoms with E-state index in [9.17, 15) is 13.2 Å². The van der Waals surface area contributed by atoms with E-state index in [1.54, 1.807) is 36.0 Å². The molecule has 3 aromatic carbocycles. The monoisotopic (exact) mass is 509 g/mol. The van der Waals surface area contributed by atoms with Crippen molar-refractivity contribution >= 4 is 33.4 Å². The molecule has 0 heterocycles. The van der Waals surface area contributed by atoms with Gasteiger partial charge in [-0.1, -0.05) is 61.7 Å². The molecule has 5 nitrogen and oxygen atoms in total. The van der Waals surface area contributed by atoms with Crippen molar-refractivity contribution in [2.45, 2.75) is 54.2 Å². The van der Waals surface area contributed by atoms with Crippen molar-refractivity contribution in [1.29, 1.82) is 0 Å². The predicted octanol–water partition coefficient (Wildman–Crippen LogP) is 6.66. The number of hydrogen-bond donors (Lipinski definition) is 1. The molecule has 35 heavy (non-hydrogen) atoms.